The van der Waals surface area contributed by atoms with Crippen LogP contribution in [0.5, 0.6) is 0 Å². The largest absolute Gasteiger partial charge is 0.497 e. The van der Waals surface area contributed by atoms with Crippen molar-refractivity contribution in [2.24, 2.45) is 5.41 Å². The molecule has 2 aliphatic rings. The Labute approximate surface area is 200 Å². The maximum absolute atomic E-state index is 14.1. The van der Waals surface area contributed by atoms with Crippen LogP contribution in [0.4, 0.5) is 0 Å². The highest BCUT2D eigenvalue weighted by molar-refractivity contribution is 7.90. The molecule has 1 aromatic carbocycles. The van der Waals surface area contributed by atoms with Crippen molar-refractivity contribution in [3.63, 3.8) is 0 Å². The molecule has 1 aliphatic heterocycles. The van der Waals surface area contributed by atoms with Gasteiger partial charge in [-0.1, -0.05) is 74.4 Å². The molecule has 3 rings (SSSR count). The van der Waals surface area contributed by atoms with E-state index >= 15 is 0 Å². The number of sulfonamides is 1. The van der Waals surface area contributed by atoms with Crippen molar-refractivity contribution in [2.45, 2.75) is 51.4 Å². The Morgan fingerprint density at radius 1 is 1.27 bits per heavy atom. The van der Waals surface area contributed by atoms with Crippen LogP contribution in [0.1, 0.15) is 45.7 Å². The number of halogens is 1. The molecule has 1 heterocycles. The van der Waals surface area contributed by atoms with Gasteiger partial charge in [0.05, 0.1) is 18.4 Å². The van der Waals surface area contributed by atoms with Crippen molar-refractivity contribution in [3.8, 4) is 0 Å². The predicted molar refractivity (Wildman–Crippen MR) is 130 cm³/mol. The maximum atomic E-state index is 14.1. The van der Waals surface area contributed by atoms with Gasteiger partial charge in [0.15, 0.2) is 0 Å². The average molecular weight is 492 g/mol. The van der Waals surface area contributed by atoms with Crippen molar-refractivity contribution in [2.75, 3.05) is 6.61 Å². The predicted octanol–water partition coefficient (Wildman–Crippen LogP) is 5.26. The molecule has 3 atom stereocenters. The zero-order chi connectivity index (χ0) is 24.4. The second-order valence-corrected chi connectivity index (χ2v) is 11.9. The summed E-state index contributed by atoms with van der Waals surface area (Å²) < 4.78 is 35.4. The number of hydrogen-bond donors (Lipinski definition) is 1. The molecule has 1 aliphatic carbocycles. The van der Waals surface area contributed by atoms with Crippen molar-refractivity contribution in [1.29, 1.82) is 0 Å². The van der Waals surface area contributed by atoms with Crippen molar-refractivity contribution < 1.29 is 23.1 Å². The summed E-state index contributed by atoms with van der Waals surface area (Å²) in [6, 6.07) is 6.13. The number of hydrogen-bond acceptors (Lipinski definition) is 4. The lowest BCUT2D eigenvalue weighted by Crippen LogP contribution is -2.49. The minimum atomic E-state index is -3.77. The van der Waals surface area contributed by atoms with E-state index in [1.165, 1.54) is 0 Å². The number of carbonyl (C=O) groups is 1. The van der Waals surface area contributed by atoms with Crippen LogP contribution < -0.4 is 0 Å². The van der Waals surface area contributed by atoms with E-state index in [2.05, 4.69) is 0 Å². The summed E-state index contributed by atoms with van der Waals surface area (Å²) in [7, 11) is -3.77. The molecule has 0 saturated carbocycles. The van der Waals surface area contributed by atoms with Gasteiger partial charge in [0, 0.05) is 11.1 Å². The molecule has 8 heteroatoms. The lowest BCUT2D eigenvalue weighted by Gasteiger charge is -2.40. The van der Waals surface area contributed by atoms with Crippen LogP contribution in [0.25, 0.3) is 0 Å². The van der Waals surface area contributed by atoms with Crippen LogP contribution in [0.15, 0.2) is 72.1 Å². The van der Waals surface area contributed by atoms with Crippen molar-refractivity contribution >= 4 is 27.6 Å². The van der Waals surface area contributed by atoms with E-state index in [0.717, 1.165) is 29.0 Å². The number of benzene rings is 1. The van der Waals surface area contributed by atoms with E-state index in [0.29, 0.717) is 11.4 Å². The summed E-state index contributed by atoms with van der Waals surface area (Å²) in [5, 5.41) is 8.74. The Kier molecular flexibility index (Phi) is 7.56. The molecule has 3 unspecified atom stereocenters. The Hall–Kier alpha value is -2.35. The van der Waals surface area contributed by atoms with E-state index in [1.807, 2.05) is 64.1 Å². The van der Waals surface area contributed by atoms with Crippen LogP contribution in [-0.4, -0.2) is 41.7 Å². The molecule has 0 radical (unpaired) electrons. The number of nitrogens with zero attached hydrogens (tertiary/aromatic N) is 1. The van der Waals surface area contributed by atoms with E-state index in [-0.39, 0.29) is 6.61 Å². The number of aliphatic carboxylic acids is 1. The molecular weight excluding hydrogens is 462 g/mol. The monoisotopic (exact) mass is 491 g/mol. The van der Waals surface area contributed by atoms with Crippen LogP contribution >= 0.6 is 11.6 Å². The zero-order valence-corrected chi connectivity index (χ0v) is 20.8. The molecule has 0 fully saturated rings. The summed E-state index contributed by atoms with van der Waals surface area (Å²) in [6.07, 6.45) is 9.99. The molecule has 1 aromatic rings. The molecule has 178 valence electrons. The lowest BCUT2D eigenvalue weighted by atomic mass is 9.87. The number of allylic oxidation sites excluding steroid dienone is 3. The van der Waals surface area contributed by atoms with Gasteiger partial charge in [-0.25, -0.2) is 13.2 Å². The highest BCUT2D eigenvalue weighted by atomic mass is 35.5. The summed E-state index contributed by atoms with van der Waals surface area (Å²) in [5.74, 6) is -1.12. The molecule has 0 amide bonds. The van der Waals surface area contributed by atoms with Crippen LogP contribution in [0.3, 0.4) is 0 Å². The maximum Gasteiger partial charge on any atom is 0.331 e. The fraction of sp³-hybridized carbons (Fsp3) is 0.400. The molecule has 1 N–H and O–H groups in total. The van der Waals surface area contributed by atoms with Crippen LogP contribution in [0, 0.1) is 5.41 Å². The first-order chi connectivity index (χ1) is 15.4. The third kappa shape index (κ3) is 5.60. The minimum Gasteiger partial charge on any atom is -0.497 e. The minimum absolute atomic E-state index is 0.0645. The molecule has 0 saturated heterocycles. The Balaban J connectivity index is 2.10. The topological polar surface area (TPSA) is 83.9 Å². The number of ether oxygens (including phenoxy) is 1. The Bertz CT molecular complexity index is 1110. The fourth-order valence-electron chi connectivity index (χ4n) is 4.23. The summed E-state index contributed by atoms with van der Waals surface area (Å²) in [5.41, 5.74) is 1.94. The number of carboxylic acid groups (broad SMARTS) is 1. The second kappa shape index (κ2) is 9.87. The van der Waals surface area contributed by atoms with Gasteiger partial charge in [-0.15, -0.1) is 0 Å². The molecule has 0 aromatic heterocycles. The summed E-state index contributed by atoms with van der Waals surface area (Å²) in [4.78, 5) is 10.8. The summed E-state index contributed by atoms with van der Waals surface area (Å²) >= 11 is 6.10. The van der Waals surface area contributed by atoms with E-state index < -0.39 is 38.7 Å². The Morgan fingerprint density at radius 3 is 2.52 bits per heavy atom. The third-order valence-corrected chi connectivity index (χ3v) is 8.45. The molecule has 6 nitrogen and oxygen atoms in total. The van der Waals surface area contributed by atoms with Gasteiger partial charge < -0.3 is 9.84 Å². The Morgan fingerprint density at radius 2 is 1.94 bits per heavy atom. The zero-order valence-electron chi connectivity index (χ0n) is 19.2. The van der Waals surface area contributed by atoms with Gasteiger partial charge >= 0.3 is 5.97 Å². The van der Waals surface area contributed by atoms with Gasteiger partial charge in [-0.3, -0.25) is 0 Å². The fourth-order valence-corrected chi connectivity index (χ4v) is 6.80. The lowest BCUT2D eigenvalue weighted by molar-refractivity contribution is -0.131. The van der Waals surface area contributed by atoms with Crippen LogP contribution in [-0.2, 0) is 19.6 Å². The van der Waals surface area contributed by atoms with Gasteiger partial charge in [-0.05, 0) is 42.0 Å². The van der Waals surface area contributed by atoms with Gasteiger partial charge in [0.2, 0.25) is 10.0 Å². The molecular formula is C25H30ClNO5S. The molecule has 0 spiro atoms. The van der Waals surface area contributed by atoms with E-state index in [1.54, 1.807) is 16.4 Å². The van der Waals surface area contributed by atoms with Crippen molar-refractivity contribution in [3.05, 3.63) is 82.6 Å². The smallest absolute Gasteiger partial charge is 0.331 e. The van der Waals surface area contributed by atoms with E-state index in [9.17, 15) is 13.2 Å². The highest BCUT2D eigenvalue weighted by Gasteiger charge is 2.49. The van der Waals surface area contributed by atoms with Gasteiger partial charge in [0.1, 0.15) is 11.9 Å². The molecule has 0 bridgehead atoms. The second-order valence-electron chi connectivity index (χ2n) is 9.40. The van der Waals surface area contributed by atoms with E-state index in [4.69, 9.17) is 21.4 Å². The first-order valence-electron chi connectivity index (χ1n) is 10.8. The quantitative estimate of drug-likeness (QED) is 0.319. The first-order valence-corrected chi connectivity index (χ1v) is 12.6. The SMILES string of the molecule is CC1=CC=CCC1S(=O)(=O)N1C(c2ccc(Cl)cc2)C(CO/C=C/C(=O)O)=CC1C(C)(C)C. The average Bonchev–Trinajstić information content (AvgIpc) is 3.13. The highest BCUT2D eigenvalue weighted by Crippen LogP contribution is 2.46. The normalized spacial score (nSPS) is 24.1. The summed E-state index contributed by atoms with van der Waals surface area (Å²) in [6.45, 7) is 7.93. The third-order valence-electron chi connectivity index (χ3n) is 5.89. The standard InChI is InChI=1S/C25H30ClNO5S/c1-17-7-5-6-8-21(17)33(30,31)27-22(25(2,3)4)15-19(16-32-14-13-23(28)29)24(27)18-9-11-20(26)12-10-18/h5-7,9-15,21-22,24H,8,16H2,1-4H3,(H,28,29)/b14-13+. The van der Waals surface area contributed by atoms with Gasteiger partial charge in [0.25, 0.3) is 0 Å². The first kappa shape index (κ1) is 25.3. The number of rotatable bonds is 7. The van der Waals surface area contributed by atoms with Crippen molar-refractivity contribution in [1.82, 2.24) is 4.31 Å². The molecule has 33 heavy (non-hydrogen) atoms. The van der Waals surface area contributed by atoms with Crippen LogP contribution in [0.2, 0.25) is 5.02 Å². The number of carboxylic acids is 1. The van der Waals surface area contributed by atoms with Gasteiger partial charge in [-0.2, -0.15) is 4.31 Å².